The quantitative estimate of drug-likeness (QED) is 0.391. The number of hydrogen-bond donors (Lipinski definition) is 1. The Morgan fingerprint density at radius 1 is 1.11 bits per heavy atom. The van der Waals surface area contributed by atoms with Crippen LogP contribution in [0.2, 0.25) is 0 Å². The fourth-order valence-electron chi connectivity index (χ4n) is 4.26. The highest BCUT2D eigenvalue weighted by atomic mass is 32.1. The third kappa shape index (κ3) is 5.12. The Morgan fingerprint density at radius 3 is 2.67 bits per heavy atom. The largest absolute Gasteiger partial charge is 0.437 e. The summed E-state index contributed by atoms with van der Waals surface area (Å²) in [5.41, 5.74) is 1.13. The predicted molar refractivity (Wildman–Crippen MR) is 135 cm³/mol. The van der Waals surface area contributed by atoms with Gasteiger partial charge in [0, 0.05) is 56.8 Å². The van der Waals surface area contributed by atoms with Gasteiger partial charge >= 0.3 is 0 Å². The molecule has 0 radical (unpaired) electrons. The molecule has 1 aliphatic heterocycles. The summed E-state index contributed by atoms with van der Waals surface area (Å²) in [6, 6.07) is 10.9. The van der Waals surface area contributed by atoms with E-state index in [1.165, 1.54) is 36.7 Å². The van der Waals surface area contributed by atoms with Gasteiger partial charge in [-0.15, -0.1) is 0 Å². The number of amides is 1. The molecule has 0 spiro atoms. The molecule has 186 valence electrons. The molecule has 1 N–H and O–H groups in total. The van der Waals surface area contributed by atoms with Gasteiger partial charge in [-0.25, -0.2) is 23.7 Å². The first-order chi connectivity index (χ1) is 17.4. The Bertz CT molecular complexity index is 1410. The number of halogens is 2. The molecule has 1 fully saturated rings. The van der Waals surface area contributed by atoms with Crippen molar-refractivity contribution < 1.29 is 18.3 Å². The maximum absolute atomic E-state index is 14.2. The third-order valence-electron chi connectivity index (χ3n) is 6.11. The molecule has 11 heteroatoms. The highest BCUT2D eigenvalue weighted by molar-refractivity contribution is 7.22. The van der Waals surface area contributed by atoms with E-state index in [1.54, 1.807) is 12.1 Å². The molecule has 0 aliphatic carbocycles. The molecule has 2 aromatic carbocycles. The van der Waals surface area contributed by atoms with Crippen molar-refractivity contribution >= 4 is 38.4 Å². The van der Waals surface area contributed by atoms with Crippen LogP contribution in [0.4, 0.5) is 19.7 Å². The summed E-state index contributed by atoms with van der Waals surface area (Å²) in [5.74, 6) is 0.353. The Labute approximate surface area is 210 Å². The number of carbonyl (C=O) groups excluding carboxylic acids is 1. The minimum Gasteiger partial charge on any atom is -0.437 e. The Kier molecular flexibility index (Phi) is 6.75. The maximum Gasteiger partial charge on any atom is 0.224 e. The number of benzene rings is 2. The standard InChI is InChI=1S/C25H24F2N6O2S/c1-15(18-7-6-17(26)12-19(18)27)32-8-10-33(11-9-32)22-13-23(29-14-28-22)35-20-4-3-5-21-24(20)31-25(36-21)30-16(2)34/h3-7,12-15H,8-11H2,1-2H3,(H,30,31,34)/t15-/m0/s1. The number of piperazine rings is 1. The second-order valence-electron chi connectivity index (χ2n) is 8.48. The van der Waals surface area contributed by atoms with Gasteiger partial charge < -0.3 is 15.0 Å². The molecule has 36 heavy (non-hydrogen) atoms. The Balaban J connectivity index is 1.27. The van der Waals surface area contributed by atoms with E-state index < -0.39 is 11.6 Å². The monoisotopic (exact) mass is 510 g/mol. The molecule has 2 aromatic heterocycles. The topological polar surface area (TPSA) is 83.5 Å². The van der Waals surface area contributed by atoms with Crippen LogP contribution in [0, 0.1) is 11.6 Å². The lowest BCUT2D eigenvalue weighted by Gasteiger charge is -2.38. The maximum atomic E-state index is 14.2. The van der Waals surface area contributed by atoms with E-state index in [-0.39, 0.29) is 11.9 Å². The number of anilines is 2. The minimum absolute atomic E-state index is 0.168. The first-order valence-corrected chi connectivity index (χ1v) is 12.3. The van der Waals surface area contributed by atoms with Gasteiger partial charge in [-0.3, -0.25) is 9.69 Å². The van der Waals surface area contributed by atoms with Crippen molar-refractivity contribution in [1.29, 1.82) is 0 Å². The van der Waals surface area contributed by atoms with Crippen molar-refractivity contribution in [3.05, 3.63) is 66.0 Å². The van der Waals surface area contributed by atoms with Crippen molar-refractivity contribution in [2.24, 2.45) is 0 Å². The molecule has 1 aliphatic rings. The summed E-state index contributed by atoms with van der Waals surface area (Å²) in [6.07, 6.45) is 1.46. The van der Waals surface area contributed by atoms with E-state index >= 15 is 0 Å². The average Bonchev–Trinajstić information content (AvgIpc) is 3.27. The van der Waals surface area contributed by atoms with Gasteiger partial charge in [0.05, 0.1) is 4.70 Å². The van der Waals surface area contributed by atoms with Crippen molar-refractivity contribution in [2.75, 3.05) is 36.4 Å². The lowest BCUT2D eigenvalue weighted by molar-refractivity contribution is -0.114. The van der Waals surface area contributed by atoms with Crippen LogP contribution in [0.15, 0.2) is 48.8 Å². The molecule has 1 saturated heterocycles. The molecule has 8 nitrogen and oxygen atoms in total. The van der Waals surface area contributed by atoms with Crippen LogP contribution in [0.5, 0.6) is 11.6 Å². The SMILES string of the molecule is CC(=O)Nc1nc2c(Oc3cc(N4CCN([C@@H](C)c5ccc(F)cc5F)CC4)ncn3)cccc2s1. The van der Waals surface area contributed by atoms with Crippen LogP contribution in [0.25, 0.3) is 10.2 Å². The number of carbonyl (C=O) groups is 1. The van der Waals surface area contributed by atoms with Gasteiger partial charge in [-0.1, -0.05) is 23.5 Å². The second kappa shape index (κ2) is 10.1. The van der Waals surface area contributed by atoms with Crippen molar-refractivity contribution in [3.63, 3.8) is 0 Å². The first kappa shape index (κ1) is 24.0. The molecule has 0 bridgehead atoms. The summed E-state index contributed by atoms with van der Waals surface area (Å²) in [6.45, 7) is 6.13. The van der Waals surface area contributed by atoms with E-state index in [0.29, 0.717) is 54.0 Å². The fraction of sp³-hybridized carbons (Fsp3) is 0.280. The highest BCUT2D eigenvalue weighted by Crippen LogP contribution is 2.35. The number of hydrogen-bond acceptors (Lipinski definition) is 8. The van der Waals surface area contributed by atoms with E-state index in [0.717, 1.165) is 16.6 Å². The zero-order valence-corrected chi connectivity index (χ0v) is 20.6. The number of nitrogens with one attached hydrogen (secondary N) is 1. The summed E-state index contributed by atoms with van der Waals surface area (Å²) >= 11 is 1.37. The second-order valence-corrected chi connectivity index (χ2v) is 9.52. The molecular weight excluding hydrogens is 486 g/mol. The zero-order valence-electron chi connectivity index (χ0n) is 19.7. The van der Waals surface area contributed by atoms with Crippen LogP contribution in [-0.2, 0) is 4.79 Å². The van der Waals surface area contributed by atoms with Crippen molar-refractivity contribution in [1.82, 2.24) is 19.9 Å². The molecule has 1 atom stereocenters. The fourth-order valence-corrected chi connectivity index (χ4v) is 5.19. The first-order valence-electron chi connectivity index (χ1n) is 11.5. The normalized spacial score (nSPS) is 15.2. The minimum atomic E-state index is -0.575. The smallest absolute Gasteiger partial charge is 0.224 e. The average molecular weight is 511 g/mol. The van der Waals surface area contributed by atoms with Crippen LogP contribution in [-0.4, -0.2) is 51.9 Å². The number of nitrogens with zero attached hydrogens (tertiary/aromatic N) is 5. The predicted octanol–water partition coefficient (Wildman–Crippen LogP) is 5.00. The van der Waals surface area contributed by atoms with Gasteiger partial charge in [-0.05, 0) is 25.1 Å². The van der Waals surface area contributed by atoms with E-state index in [4.69, 9.17) is 4.74 Å². The van der Waals surface area contributed by atoms with Crippen LogP contribution in [0.3, 0.4) is 0 Å². The number of ether oxygens (including phenoxy) is 1. The molecule has 3 heterocycles. The number of rotatable bonds is 6. The summed E-state index contributed by atoms with van der Waals surface area (Å²) in [5, 5.41) is 3.21. The third-order valence-corrected chi connectivity index (χ3v) is 7.04. The van der Waals surface area contributed by atoms with Crippen molar-refractivity contribution in [2.45, 2.75) is 19.9 Å². The van der Waals surface area contributed by atoms with Gasteiger partial charge in [0.2, 0.25) is 11.8 Å². The van der Waals surface area contributed by atoms with Gasteiger partial charge in [-0.2, -0.15) is 0 Å². The molecule has 5 rings (SSSR count). The van der Waals surface area contributed by atoms with E-state index in [1.807, 2.05) is 19.1 Å². The van der Waals surface area contributed by atoms with Crippen LogP contribution >= 0.6 is 11.3 Å². The van der Waals surface area contributed by atoms with E-state index in [2.05, 4.69) is 30.1 Å². The van der Waals surface area contributed by atoms with Gasteiger partial charge in [0.25, 0.3) is 0 Å². The van der Waals surface area contributed by atoms with Crippen LogP contribution < -0.4 is 15.0 Å². The molecule has 0 unspecified atom stereocenters. The highest BCUT2D eigenvalue weighted by Gasteiger charge is 2.25. The Hall–Kier alpha value is -3.70. The van der Waals surface area contributed by atoms with Crippen molar-refractivity contribution in [3.8, 4) is 11.6 Å². The summed E-state index contributed by atoms with van der Waals surface area (Å²) < 4.78 is 34.5. The Morgan fingerprint density at radius 2 is 1.92 bits per heavy atom. The van der Waals surface area contributed by atoms with Gasteiger partial charge in [0.1, 0.15) is 29.3 Å². The molecular formula is C25H24F2N6O2S. The summed E-state index contributed by atoms with van der Waals surface area (Å²) in [7, 11) is 0. The lowest BCUT2D eigenvalue weighted by Crippen LogP contribution is -2.47. The number of para-hydroxylation sites is 1. The molecule has 0 saturated carbocycles. The number of aromatic nitrogens is 3. The molecule has 1 amide bonds. The molecule has 4 aromatic rings. The summed E-state index contributed by atoms with van der Waals surface area (Å²) in [4.78, 5) is 28.8. The van der Waals surface area contributed by atoms with Gasteiger partial charge in [0.15, 0.2) is 10.9 Å². The zero-order chi connectivity index (χ0) is 25.2. The number of fused-ring (bicyclic) bond motifs is 1. The van der Waals surface area contributed by atoms with E-state index in [9.17, 15) is 13.6 Å². The number of thiazole rings is 1. The lowest BCUT2D eigenvalue weighted by atomic mass is 10.1. The van der Waals surface area contributed by atoms with Crippen LogP contribution in [0.1, 0.15) is 25.5 Å².